The standard InChI is InChI=1S/C20H15ClN4.ClH.Na/c21-15-5-7-16(8-6-15)23-20-18-4-2-1-3-17(18)19(24-25-20)13-14-9-11-22-12-10-14;;/h1-12H,13H2,(H,23,25);1H;/q;;+1/p-1. The topological polar surface area (TPSA) is 50.7 Å². The van der Waals surface area contributed by atoms with Crippen molar-refractivity contribution in [2.45, 2.75) is 6.42 Å². The first-order valence-corrected chi connectivity index (χ1v) is 8.33. The number of anilines is 2. The summed E-state index contributed by atoms with van der Waals surface area (Å²) in [6, 6.07) is 19.7. The van der Waals surface area contributed by atoms with Crippen LogP contribution in [-0.2, 0) is 6.42 Å². The molecular formula is C20H15Cl2N4Na. The van der Waals surface area contributed by atoms with Gasteiger partial charge in [0.1, 0.15) is 0 Å². The van der Waals surface area contributed by atoms with Crippen molar-refractivity contribution < 1.29 is 42.0 Å². The predicted molar refractivity (Wildman–Crippen MR) is 101 cm³/mol. The van der Waals surface area contributed by atoms with Gasteiger partial charge in [0.25, 0.3) is 0 Å². The number of rotatable bonds is 4. The van der Waals surface area contributed by atoms with E-state index in [1.165, 1.54) is 0 Å². The van der Waals surface area contributed by atoms with E-state index < -0.39 is 0 Å². The van der Waals surface area contributed by atoms with Crippen LogP contribution in [0.25, 0.3) is 10.8 Å². The van der Waals surface area contributed by atoms with Crippen LogP contribution in [0.2, 0.25) is 5.02 Å². The molecule has 2 aromatic heterocycles. The van der Waals surface area contributed by atoms with Crippen LogP contribution in [0.3, 0.4) is 0 Å². The van der Waals surface area contributed by atoms with Crippen molar-refractivity contribution in [2.24, 2.45) is 0 Å². The number of nitrogens with zero attached hydrogens (tertiary/aromatic N) is 3. The number of halogens is 2. The molecule has 4 nitrogen and oxygen atoms in total. The Kier molecular flexibility index (Phi) is 8.02. The maximum atomic E-state index is 5.95. The van der Waals surface area contributed by atoms with Gasteiger partial charge in [-0.05, 0) is 42.0 Å². The van der Waals surface area contributed by atoms with Gasteiger partial charge in [0.15, 0.2) is 5.82 Å². The quantitative estimate of drug-likeness (QED) is 0.444. The summed E-state index contributed by atoms with van der Waals surface area (Å²) in [5, 5.41) is 15.0. The Bertz CT molecular complexity index is 1010. The molecule has 2 aromatic carbocycles. The third kappa shape index (κ3) is 5.18. The van der Waals surface area contributed by atoms with Crippen LogP contribution >= 0.6 is 11.6 Å². The third-order valence-corrected chi connectivity index (χ3v) is 4.24. The first-order chi connectivity index (χ1) is 12.3. The van der Waals surface area contributed by atoms with E-state index in [0.29, 0.717) is 5.02 Å². The van der Waals surface area contributed by atoms with Crippen LogP contribution in [0, 0.1) is 0 Å². The Morgan fingerprint density at radius 1 is 0.815 bits per heavy atom. The van der Waals surface area contributed by atoms with Crippen molar-refractivity contribution >= 4 is 33.9 Å². The molecule has 0 bridgehead atoms. The molecule has 0 aliphatic carbocycles. The van der Waals surface area contributed by atoms with E-state index in [4.69, 9.17) is 11.6 Å². The monoisotopic (exact) mass is 404 g/mol. The molecule has 0 amide bonds. The number of pyridine rings is 1. The SMILES string of the molecule is Clc1ccc(Nc2nnc(Cc3ccncc3)c3ccccc23)cc1.[Cl-].[Na+]. The molecule has 0 aliphatic rings. The molecule has 0 radical (unpaired) electrons. The fraction of sp³-hybridized carbons (Fsp3) is 0.0500. The summed E-state index contributed by atoms with van der Waals surface area (Å²) in [6.07, 6.45) is 4.31. The van der Waals surface area contributed by atoms with Crippen molar-refractivity contribution in [3.8, 4) is 0 Å². The molecule has 2 heterocycles. The Hall–Kier alpha value is -1.69. The van der Waals surface area contributed by atoms with E-state index in [-0.39, 0.29) is 42.0 Å². The van der Waals surface area contributed by atoms with Gasteiger partial charge in [-0.25, -0.2) is 0 Å². The molecule has 0 fully saturated rings. The fourth-order valence-corrected chi connectivity index (χ4v) is 2.87. The van der Waals surface area contributed by atoms with Crippen molar-refractivity contribution in [1.82, 2.24) is 15.2 Å². The van der Waals surface area contributed by atoms with Crippen LogP contribution in [0.4, 0.5) is 11.5 Å². The third-order valence-electron chi connectivity index (χ3n) is 3.99. The van der Waals surface area contributed by atoms with Crippen molar-refractivity contribution in [1.29, 1.82) is 0 Å². The summed E-state index contributed by atoms with van der Waals surface area (Å²) in [7, 11) is 0. The van der Waals surface area contributed by atoms with Gasteiger partial charge < -0.3 is 17.7 Å². The number of hydrogen-bond donors (Lipinski definition) is 1. The summed E-state index contributed by atoms with van der Waals surface area (Å²) in [6.45, 7) is 0. The molecule has 0 saturated heterocycles. The van der Waals surface area contributed by atoms with Gasteiger partial charge in [-0.15, -0.1) is 5.10 Å². The maximum absolute atomic E-state index is 5.95. The van der Waals surface area contributed by atoms with Gasteiger partial charge in [0.05, 0.1) is 5.69 Å². The Morgan fingerprint density at radius 3 is 2.19 bits per heavy atom. The molecule has 1 N–H and O–H groups in total. The number of hydrogen-bond acceptors (Lipinski definition) is 4. The van der Waals surface area contributed by atoms with Crippen LogP contribution < -0.4 is 47.3 Å². The average Bonchev–Trinajstić information content (AvgIpc) is 2.66. The summed E-state index contributed by atoms with van der Waals surface area (Å²) in [5.74, 6) is 0.733. The number of nitrogens with one attached hydrogen (secondary N) is 1. The van der Waals surface area contributed by atoms with E-state index in [1.54, 1.807) is 12.4 Å². The molecular weight excluding hydrogens is 390 g/mol. The van der Waals surface area contributed by atoms with Gasteiger partial charge in [-0.3, -0.25) is 4.98 Å². The fourth-order valence-electron chi connectivity index (χ4n) is 2.75. The number of aromatic nitrogens is 3. The number of benzene rings is 2. The van der Waals surface area contributed by atoms with Gasteiger partial charge in [0, 0.05) is 40.3 Å². The zero-order valence-electron chi connectivity index (χ0n) is 14.7. The van der Waals surface area contributed by atoms with E-state index >= 15 is 0 Å². The summed E-state index contributed by atoms with van der Waals surface area (Å²) in [5.41, 5.74) is 3.03. The van der Waals surface area contributed by atoms with Crippen molar-refractivity contribution in [3.63, 3.8) is 0 Å². The average molecular weight is 405 g/mol. The Morgan fingerprint density at radius 2 is 1.48 bits per heavy atom. The first-order valence-electron chi connectivity index (χ1n) is 7.95. The van der Waals surface area contributed by atoms with Gasteiger partial charge >= 0.3 is 29.6 Å². The van der Waals surface area contributed by atoms with E-state index in [0.717, 1.165) is 40.0 Å². The van der Waals surface area contributed by atoms with Gasteiger partial charge in [0.2, 0.25) is 0 Å². The van der Waals surface area contributed by atoms with Gasteiger partial charge in [-0.2, -0.15) is 5.10 Å². The zero-order chi connectivity index (χ0) is 17.1. The normalized spacial score (nSPS) is 9.96. The minimum absolute atomic E-state index is 0. The maximum Gasteiger partial charge on any atom is 1.00 e. The minimum Gasteiger partial charge on any atom is -1.00 e. The van der Waals surface area contributed by atoms with Gasteiger partial charge in [-0.1, -0.05) is 35.9 Å². The van der Waals surface area contributed by atoms with Crippen LogP contribution in [-0.4, -0.2) is 15.2 Å². The largest absolute Gasteiger partial charge is 1.00 e. The molecule has 7 heteroatoms. The molecule has 4 aromatic rings. The minimum atomic E-state index is 0. The summed E-state index contributed by atoms with van der Waals surface area (Å²) >= 11 is 5.95. The second kappa shape index (κ2) is 10.0. The van der Waals surface area contributed by atoms with E-state index in [1.807, 2.05) is 48.5 Å². The molecule has 130 valence electrons. The van der Waals surface area contributed by atoms with Crippen LogP contribution in [0.15, 0.2) is 73.1 Å². The molecule has 0 atom stereocenters. The summed E-state index contributed by atoms with van der Waals surface area (Å²) in [4.78, 5) is 4.06. The van der Waals surface area contributed by atoms with Crippen LogP contribution in [0.1, 0.15) is 11.3 Å². The smallest absolute Gasteiger partial charge is 1.00 e. The molecule has 0 aliphatic heterocycles. The molecule has 0 saturated carbocycles. The van der Waals surface area contributed by atoms with E-state index in [9.17, 15) is 0 Å². The Balaban J connectivity index is 0.00000131. The first kappa shape index (κ1) is 21.6. The second-order valence-electron chi connectivity index (χ2n) is 5.71. The molecule has 0 unspecified atom stereocenters. The second-order valence-corrected chi connectivity index (χ2v) is 6.14. The molecule has 27 heavy (non-hydrogen) atoms. The van der Waals surface area contributed by atoms with Crippen molar-refractivity contribution in [2.75, 3.05) is 5.32 Å². The zero-order valence-corrected chi connectivity index (χ0v) is 18.2. The predicted octanol–water partition coefficient (Wildman–Crippen LogP) is -0.979. The molecule has 4 rings (SSSR count). The Labute approximate surface area is 191 Å². The molecule has 0 spiro atoms. The van der Waals surface area contributed by atoms with Crippen LogP contribution in [0.5, 0.6) is 0 Å². The van der Waals surface area contributed by atoms with Crippen molar-refractivity contribution in [3.05, 3.63) is 89.3 Å². The number of fused-ring (bicyclic) bond motifs is 1. The van der Waals surface area contributed by atoms with E-state index in [2.05, 4.69) is 32.6 Å². The summed E-state index contributed by atoms with van der Waals surface area (Å²) < 4.78 is 0.